The first kappa shape index (κ1) is 13.5. The van der Waals surface area contributed by atoms with E-state index >= 15 is 0 Å². The van der Waals surface area contributed by atoms with Crippen molar-refractivity contribution >= 4 is 5.91 Å². The Bertz CT molecular complexity index is 859. The molecule has 0 atom stereocenters. The van der Waals surface area contributed by atoms with Crippen molar-refractivity contribution in [3.8, 4) is 17.1 Å². The van der Waals surface area contributed by atoms with Gasteiger partial charge in [-0.15, -0.1) is 0 Å². The fourth-order valence-corrected chi connectivity index (χ4v) is 2.52. The zero-order valence-electron chi connectivity index (χ0n) is 12.2. The van der Waals surface area contributed by atoms with Crippen LogP contribution in [0.2, 0.25) is 0 Å². The molecule has 1 aliphatic rings. The van der Waals surface area contributed by atoms with Crippen molar-refractivity contribution in [1.29, 1.82) is 0 Å². The Hall–Kier alpha value is -3.15. The summed E-state index contributed by atoms with van der Waals surface area (Å²) in [5, 5.41) is 6.72. The van der Waals surface area contributed by atoms with E-state index in [2.05, 4.69) is 15.5 Å². The Morgan fingerprint density at radius 3 is 2.91 bits per heavy atom. The van der Waals surface area contributed by atoms with E-state index in [-0.39, 0.29) is 18.2 Å². The molecule has 4 rings (SSSR count). The van der Waals surface area contributed by atoms with Gasteiger partial charge in [0.2, 0.25) is 0 Å². The van der Waals surface area contributed by atoms with Crippen molar-refractivity contribution in [2.75, 3.05) is 0 Å². The molecule has 1 aliphatic heterocycles. The molecule has 0 fully saturated rings. The lowest BCUT2D eigenvalue weighted by Gasteiger charge is -2.15. The Balaban J connectivity index is 1.57. The van der Waals surface area contributed by atoms with Gasteiger partial charge >= 0.3 is 0 Å². The minimum absolute atomic E-state index is 0.255. The van der Waals surface area contributed by atoms with Gasteiger partial charge in [-0.25, -0.2) is 0 Å². The molecule has 0 saturated carbocycles. The van der Waals surface area contributed by atoms with Crippen LogP contribution in [0.4, 0.5) is 0 Å². The van der Waals surface area contributed by atoms with Gasteiger partial charge < -0.3 is 14.6 Å². The number of fused-ring (bicyclic) bond motifs is 3. The summed E-state index contributed by atoms with van der Waals surface area (Å²) in [6, 6.07) is 13.1. The lowest BCUT2D eigenvalue weighted by atomic mass is 10.0. The Labute approximate surface area is 132 Å². The maximum absolute atomic E-state index is 12.3. The third kappa shape index (κ3) is 2.44. The molecule has 0 aliphatic carbocycles. The number of hydrogen-bond acceptors (Lipinski definition) is 5. The molecule has 1 N–H and O–H groups in total. The minimum atomic E-state index is -0.302. The summed E-state index contributed by atoms with van der Waals surface area (Å²) in [6.07, 6.45) is 1.68. The van der Waals surface area contributed by atoms with E-state index in [0.29, 0.717) is 17.9 Å². The van der Waals surface area contributed by atoms with Crippen molar-refractivity contribution in [3.05, 3.63) is 65.6 Å². The van der Waals surface area contributed by atoms with Crippen molar-refractivity contribution in [3.63, 3.8) is 0 Å². The van der Waals surface area contributed by atoms with Crippen LogP contribution in [0, 0.1) is 0 Å². The lowest BCUT2D eigenvalue weighted by molar-refractivity contribution is 0.0939. The summed E-state index contributed by atoms with van der Waals surface area (Å²) >= 11 is 0. The molecule has 114 valence electrons. The van der Waals surface area contributed by atoms with Crippen molar-refractivity contribution in [1.82, 2.24) is 15.5 Å². The van der Waals surface area contributed by atoms with E-state index in [9.17, 15) is 4.79 Å². The molecule has 6 nitrogen and oxygen atoms in total. The van der Waals surface area contributed by atoms with Gasteiger partial charge in [0.25, 0.3) is 5.91 Å². The quantitative estimate of drug-likeness (QED) is 0.804. The standard InChI is InChI=1S/C17H13N3O3/c21-17(19-9-11-5-3-4-8-18-11)15-13-10-22-14-7-2-1-6-12(14)16(13)23-20-15/h1-8H,9-10H2,(H,19,21). The van der Waals surface area contributed by atoms with E-state index in [1.165, 1.54) is 0 Å². The number of ether oxygens (including phenoxy) is 1. The van der Waals surface area contributed by atoms with Gasteiger partial charge in [0, 0.05) is 6.20 Å². The molecule has 3 aromatic rings. The minimum Gasteiger partial charge on any atom is -0.488 e. The van der Waals surface area contributed by atoms with Crippen LogP contribution in [0.3, 0.4) is 0 Å². The SMILES string of the molecule is O=C(NCc1ccccn1)c1noc2c1COc1ccccc1-2. The number of nitrogens with zero attached hydrogens (tertiary/aromatic N) is 2. The van der Waals surface area contributed by atoms with Crippen LogP contribution in [0.25, 0.3) is 11.3 Å². The predicted octanol–water partition coefficient (Wildman–Crippen LogP) is 2.56. The average Bonchev–Trinajstić information content (AvgIpc) is 3.05. The molecule has 1 aromatic carbocycles. The molecular weight excluding hydrogens is 294 g/mol. The largest absolute Gasteiger partial charge is 0.488 e. The number of amides is 1. The van der Waals surface area contributed by atoms with Gasteiger partial charge in [0.05, 0.1) is 23.4 Å². The van der Waals surface area contributed by atoms with Crippen molar-refractivity contribution in [2.45, 2.75) is 13.2 Å². The van der Waals surface area contributed by atoms with Crippen LogP contribution in [-0.2, 0) is 13.2 Å². The highest BCUT2D eigenvalue weighted by molar-refractivity contribution is 5.95. The molecule has 0 bridgehead atoms. The van der Waals surface area contributed by atoms with Gasteiger partial charge in [0.1, 0.15) is 12.4 Å². The van der Waals surface area contributed by atoms with Crippen LogP contribution in [0.5, 0.6) is 5.75 Å². The van der Waals surface area contributed by atoms with Gasteiger partial charge in [-0.3, -0.25) is 9.78 Å². The summed E-state index contributed by atoms with van der Waals surface area (Å²) in [4.78, 5) is 16.5. The highest BCUT2D eigenvalue weighted by Crippen LogP contribution is 2.38. The molecule has 0 radical (unpaired) electrons. The normalized spacial score (nSPS) is 12.0. The van der Waals surface area contributed by atoms with E-state index in [0.717, 1.165) is 17.0 Å². The van der Waals surface area contributed by atoms with E-state index in [1.54, 1.807) is 6.20 Å². The second kappa shape index (κ2) is 5.57. The van der Waals surface area contributed by atoms with E-state index < -0.39 is 0 Å². The third-order valence-corrected chi connectivity index (χ3v) is 3.66. The first-order chi connectivity index (χ1) is 11.3. The summed E-state index contributed by atoms with van der Waals surface area (Å²) in [6.45, 7) is 0.598. The first-order valence-electron chi connectivity index (χ1n) is 7.22. The second-order valence-corrected chi connectivity index (χ2v) is 5.13. The number of para-hydroxylation sites is 1. The smallest absolute Gasteiger partial charge is 0.274 e. The summed E-state index contributed by atoms with van der Waals surface area (Å²) in [5.41, 5.74) is 2.51. The van der Waals surface area contributed by atoms with Crippen molar-refractivity contribution in [2.24, 2.45) is 0 Å². The van der Waals surface area contributed by atoms with Gasteiger partial charge in [-0.2, -0.15) is 0 Å². The monoisotopic (exact) mass is 307 g/mol. The molecule has 1 amide bonds. The lowest BCUT2D eigenvalue weighted by Crippen LogP contribution is -2.25. The number of nitrogens with one attached hydrogen (secondary N) is 1. The van der Waals surface area contributed by atoms with Gasteiger partial charge in [-0.05, 0) is 24.3 Å². The van der Waals surface area contributed by atoms with Gasteiger partial charge in [-0.1, -0.05) is 23.4 Å². The summed E-state index contributed by atoms with van der Waals surface area (Å²) in [7, 11) is 0. The predicted molar refractivity (Wildman–Crippen MR) is 81.7 cm³/mol. The van der Waals surface area contributed by atoms with Crippen LogP contribution in [0.1, 0.15) is 21.7 Å². The topological polar surface area (TPSA) is 77.3 Å². The zero-order valence-corrected chi connectivity index (χ0v) is 12.2. The first-order valence-corrected chi connectivity index (χ1v) is 7.22. The fraction of sp³-hybridized carbons (Fsp3) is 0.118. The van der Waals surface area contributed by atoms with Gasteiger partial charge in [0.15, 0.2) is 11.5 Å². The molecule has 0 spiro atoms. The number of carbonyl (C=O) groups excluding carboxylic acids is 1. The Morgan fingerprint density at radius 1 is 1.17 bits per heavy atom. The number of benzene rings is 1. The summed E-state index contributed by atoms with van der Waals surface area (Å²) in [5.74, 6) is 1.02. The van der Waals surface area contributed by atoms with E-state index in [4.69, 9.17) is 9.26 Å². The molecule has 6 heteroatoms. The number of rotatable bonds is 3. The zero-order chi connectivity index (χ0) is 15.6. The number of carbonyl (C=O) groups is 1. The van der Waals surface area contributed by atoms with Crippen LogP contribution in [-0.4, -0.2) is 16.0 Å². The molecule has 3 heterocycles. The molecular formula is C17H13N3O3. The van der Waals surface area contributed by atoms with Crippen molar-refractivity contribution < 1.29 is 14.1 Å². The highest BCUT2D eigenvalue weighted by Gasteiger charge is 2.28. The summed E-state index contributed by atoms with van der Waals surface area (Å²) < 4.78 is 11.0. The number of aromatic nitrogens is 2. The second-order valence-electron chi connectivity index (χ2n) is 5.13. The molecule has 2 aromatic heterocycles. The van der Waals surface area contributed by atoms with E-state index in [1.807, 2.05) is 42.5 Å². The highest BCUT2D eigenvalue weighted by atomic mass is 16.5. The van der Waals surface area contributed by atoms with Crippen LogP contribution < -0.4 is 10.1 Å². The third-order valence-electron chi connectivity index (χ3n) is 3.66. The fourth-order valence-electron chi connectivity index (χ4n) is 2.52. The maximum atomic E-state index is 12.3. The Kier molecular flexibility index (Phi) is 3.27. The Morgan fingerprint density at radius 2 is 2.04 bits per heavy atom. The van der Waals surface area contributed by atoms with Crippen LogP contribution >= 0.6 is 0 Å². The maximum Gasteiger partial charge on any atom is 0.274 e. The average molecular weight is 307 g/mol. The molecule has 0 saturated heterocycles. The molecule has 0 unspecified atom stereocenters. The molecule has 23 heavy (non-hydrogen) atoms. The van der Waals surface area contributed by atoms with Crippen LogP contribution in [0.15, 0.2) is 53.2 Å². The number of hydrogen-bond donors (Lipinski definition) is 1. The number of pyridine rings is 1.